The van der Waals surface area contributed by atoms with E-state index in [4.69, 9.17) is 32.9 Å². The summed E-state index contributed by atoms with van der Waals surface area (Å²) in [5.74, 6) is 1.08. The molecule has 1 amide bonds. The average molecular weight is 592 g/mol. The SMILES string of the molecule is CC(C)(C)[C@H]1CCc2c(sc(N=Cc3cc(Cl)ccc3OCc3cccc(Cl)c3)c2C(=O)Nc2ccccc2)C1. The van der Waals surface area contributed by atoms with Crippen LogP contribution >= 0.6 is 34.5 Å². The number of fused-ring (bicyclic) bond motifs is 1. The van der Waals surface area contributed by atoms with Gasteiger partial charge >= 0.3 is 0 Å². The number of ether oxygens (including phenoxy) is 1. The van der Waals surface area contributed by atoms with Crippen LogP contribution in [0.3, 0.4) is 0 Å². The second kappa shape index (κ2) is 12.2. The Kier molecular flexibility index (Phi) is 8.65. The first kappa shape index (κ1) is 28.4. The van der Waals surface area contributed by atoms with Crippen molar-refractivity contribution in [3.63, 3.8) is 0 Å². The lowest BCUT2D eigenvalue weighted by atomic mass is 9.72. The van der Waals surface area contributed by atoms with Crippen LogP contribution in [0.25, 0.3) is 0 Å². The van der Waals surface area contributed by atoms with Crippen LogP contribution in [0.4, 0.5) is 10.7 Å². The number of hydrogen-bond donors (Lipinski definition) is 1. The Labute approximate surface area is 250 Å². The molecule has 4 nitrogen and oxygen atoms in total. The molecule has 0 aliphatic heterocycles. The quantitative estimate of drug-likeness (QED) is 0.218. The van der Waals surface area contributed by atoms with E-state index < -0.39 is 0 Å². The fourth-order valence-electron chi connectivity index (χ4n) is 5.02. The molecule has 7 heteroatoms. The number of thiophene rings is 1. The van der Waals surface area contributed by atoms with Gasteiger partial charge in [0.2, 0.25) is 0 Å². The molecular formula is C33H32Cl2N2O2S. The molecule has 1 N–H and O–H groups in total. The minimum absolute atomic E-state index is 0.131. The van der Waals surface area contributed by atoms with Crippen molar-refractivity contribution in [3.8, 4) is 5.75 Å². The second-order valence-electron chi connectivity index (χ2n) is 11.2. The summed E-state index contributed by atoms with van der Waals surface area (Å²) in [5, 5.41) is 5.02. The molecule has 0 fully saturated rings. The van der Waals surface area contributed by atoms with Gasteiger partial charge in [-0.05, 0) is 84.2 Å². The van der Waals surface area contributed by atoms with Crippen molar-refractivity contribution in [2.45, 2.75) is 46.6 Å². The molecule has 1 aromatic heterocycles. The minimum atomic E-state index is -0.131. The predicted molar refractivity (Wildman–Crippen MR) is 168 cm³/mol. The van der Waals surface area contributed by atoms with Crippen LogP contribution in [0.15, 0.2) is 77.8 Å². The van der Waals surface area contributed by atoms with Crippen molar-refractivity contribution in [3.05, 3.63) is 110 Å². The lowest BCUT2D eigenvalue weighted by Crippen LogP contribution is -2.27. The summed E-state index contributed by atoms with van der Waals surface area (Å²) in [5.41, 5.74) is 4.45. The number of carbonyl (C=O) groups is 1. The van der Waals surface area contributed by atoms with Crippen molar-refractivity contribution in [1.82, 2.24) is 0 Å². The maximum Gasteiger partial charge on any atom is 0.259 e. The Morgan fingerprint density at radius 1 is 1.05 bits per heavy atom. The number of benzene rings is 3. The minimum Gasteiger partial charge on any atom is -0.488 e. The molecule has 1 aliphatic carbocycles. The van der Waals surface area contributed by atoms with E-state index in [-0.39, 0.29) is 11.3 Å². The molecule has 0 bridgehead atoms. The normalized spacial score (nSPS) is 15.2. The molecule has 5 rings (SSSR count). The molecular weight excluding hydrogens is 559 g/mol. The van der Waals surface area contributed by atoms with Crippen LogP contribution in [0, 0.1) is 11.3 Å². The van der Waals surface area contributed by atoms with Crippen molar-refractivity contribution >= 4 is 57.3 Å². The van der Waals surface area contributed by atoms with Gasteiger partial charge in [-0.15, -0.1) is 11.3 Å². The molecule has 0 radical (unpaired) electrons. The van der Waals surface area contributed by atoms with Crippen molar-refractivity contribution in [1.29, 1.82) is 0 Å². The predicted octanol–water partition coefficient (Wildman–Crippen LogP) is 9.79. The zero-order valence-corrected chi connectivity index (χ0v) is 25.2. The highest BCUT2D eigenvalue weighted by Gasteiger charge is 2.33. The summed E-state index contributed by atoms with van der Waals surface area (Å²) in [6, 6.07) is 22.6. The van der Waals surface area contributed by atoms with Gasteiger partial charge in [-0.3, -0.25) is 4.79 Å². The highest BCUT2D eigenvalue weighted by Crippen LogP contribution is 2.45. The number of carbonyl (C=O) groups excluding carboxylic acids is 1. The first-order valence-corrected chi connectivity index (χ1v) is 15.0. The Hall–Kier alpha value is -3.12. The highest BCUT2D eigenvalue weighted by atomic mass is 35.5. The van der Waals surface area contributed by atoms with Gasteiger partial charge in [0.25, 0.3) is 5.91 Å². The second-order valence-corrected chi connectivity index (χ2v) is 13.1. The molecule has 0 saturated carbocycles. The van der Waals surface area contributed by atoms with E-state index in [0.29, 0.717) is 38.9 Å². The van der Waals surface area contributed by atoms with Gasteiger partial charge in [0, 0.05) is 32.4 Å². The summed E-state index contributed by atoms with van der Waals surface area (Å²) in [6.45, 7) is 7.24. The molecule has 1 aliphatic rings. The number of halogens is 2. The molecule has 3 aromatic carbocycles. The summed E-state index contributed by atoms with van der Waals surface area (Å²) in [7, 11) is 0. The lowest BCUT2D eigenvalue weighted by Gasteiger charge is -2.33. The molecule has 1 heterocycles. The fraction of sp³-hybridized carbons (Fsp3) is 0.273. The van der Waals surface area contributed by atoms with Gasteiger partial charge in [-0.1, -0.05) is 74.3 Å². The van der Waals surface area contributed by atoms with Crippen molar-refractivity contribution in [2.75, 3.05) is 5.32 Å². The van der Waals surface area contributed by atoms with E-state index in [1.165, 1.54) is 4.88 Å². The average Bonchev–Trinajstić information content (AvgIpc) is 3.29. The number of aliphatic imine (C=N–C) groups is 1. The van der Waals surface area contributed by atoms with Gasteiger partial charge in [0.15, 0.2) is 0 Å². The smallest absolute Gasteiger partial charge is 0.259 e. The zero-order valence-electron chi connectivity index (χ0n) is 22.8. The number of para-hydroxylation sites is 1. The van der Waals surface area contributed by atoms with E-state index in [2.05, 4.69) is 26.1 Å². The van der Waals surface area contributed by atoms with Crippen LogP contribution in [0.2, 0.25) is 10.0 Å². The number of nitrogens with zero attached hydrogens (tertiary/aromatic N) is 1. The van der Waals surface area contributed by atoms with Gasteiger partial charge < -0.3 is 10.1 Å². The number of anilines is 1. The topological polar surface area (TPSA) is 50.7 Å². The van der Waals surface area contributed by atoms with E-state index in [1.54, 1.807) is 23.6 Å². The summed E-state index contributed by atoms with van der Waals surface area (Å²) >= 11 is 14.1. The van der Waals surface area contributed by atoms with Crippen LogP contribution in [0.5, 0.6) is 5.75 Å². The van der Waals surface area contributed by atoms with Crippen LogP contribution in [-0.4, -0.2) is 12.1 Å². The third kappa shape index (κ3) is 6.77. The highest BCUT2D eigenvalue weighted by molar-refractivity contribution is 7.16. The molecule has 40 heavy (non-hydrogen) atoms. The largest absolute Gasteiger partial charge is 0.488 e. The van der Waals surface area contributed by atoms with Crippen molar-refractivity contribution in [2.24, 2.45) is 16.3 Å². The van der Waals surface area contributed by atoms with E-state index >= 15 is 0 Å². The third-order valence-electron chi connectivity index (χ3n) is 7.31. The number of nitrogens with one attached hydrogen (secondary N) is 1. The molecule has 206 valence electrons. The van der Waals surface area contributed by atoms with Crippen LogP contribution in [0.1, 0.15) is 59.1 Å². The third-order valence-corrected chi connectivity index (χ3v) is 8.94. The van der Waals surface area contributed by atoms with E-state index in [0.717, 1.165) is 41.6 Å². The monoisotopic (exact) mass is 590 g/mol. The van der Waals surface area contributed by atoms with Gasteiger partial charge in [0.05, 0.1) is 5.56 Å². The summed E-state index contributed by atoms with van der Waals surface area (Å²) in [6.07, 6.45) is 4.62. The maximum absolute atomic E-state index is 13.6. The van der Waals surface area contributed by atoms with Crippen molar-refractivity contribution < 1.29 is 9.53 Å². The first-order chi connectivity index (χ1) is 19.2. The van der Waals surface area contributed by atoms with Gasteiger partial charge in [0.1, 0.15) is 17.4 Å². The lowest BCUT2D eigenvalue weighted by molar-refractivity contribution is 0.102. The van der Waals surface area contributed by atoms with E-state index in [1.807, 2.05) is 66.7 Å². The zero-order chi connectivity index (χ0) is 28.3. The fourth-order valence-corrected chi connectivity index (χ4v) is 6.68. The van der Waals surface area contributed by atoms with Crippen LogP contribution < -0.4 is 10.1 Å². The van der Waals surface area contributed by atoms with Gasteiger partial charge in [-0.25, -0.2) is 4.99 Å². The number of rotatable bonds is 7. The summed E-state index contributed by atoms with van der Waals surface area (Å²) in [4.78, 5) is 19.8. The molecule has 0 saturated heterocycles. The number of amides is 1. The maximum atomic E-state index is 13.6. The standard InChI is InChI=1S/C33H32Cl2N2O2S/c1-33(2,3)23-12-14-27-29(18-23)40-32(30(27)31(38)37-26-10-5-4-6-11-26)36-19-22-17-25(35)13-15-28(22)39-20-21-8-7-9-24(34)16-21/h4-11,13,15-17,19,23H,12,14,18,20H2,1-3H3,(H,37,38)/t23-/m0/s1. The Morgan fingerprint density at radius 2 is 1.82 bits per heavy atom. The number of hydrogen-bond acceptors (Lipinski definition) is 4. The molecule has 1 atom stereocenters. The van der Waals surface area contributed by atoms with E-state index in [9.17, 15) is 4.79 Å². The Morgan fingerprint density at radius 3 is 2.58 bits per heavy atom. The molecule has 0 spiro atoms. The molecule has 4 aromatic rings. The van der Waals surface area contributed by atoms with Gasteiger partial charge in [-0.2, -0.15) is 0 Å². The molecule has 0 unspecified atom stereocenters. The first-order valence-electron chi connectivity index (χ1n) is 13.4. The Bertz CT molecular complexity index is 1540. The van der Waals surface area contributed by atoms with Crippen LogP contribution in [-0.2, 0) is 19.4 Å². The Balaban J connectivity index is 1.47. The summed E-state index contributed by atoms with van der Waals surface area (Å²) < 4.78 is 6.13.